The van der Waals surface area contributed by atoms with Crippen molar-refractivity contribution in [2.75, 3.05) is 6.61 Å². The average Bonchev–Trinajstić information content (AvgIpc) is 3.52. The van der Waals surface area contributed by atoms with E-state index in [0.717, 1.165) is 12.8 Å². The summed E-state index contributed by atoms with van der Waals surface area (Å²) < 4.78 is 6.74. The van der Waals surface area contributed by atoms with Gasteiger partial charge in [-0.2, -0.15) is 0 Å². The van der Waals surface area contributed by atoms with Crippen LogP contribution in [0.3, 0.4) is 0 Å². The number of carbonyl (C=O) groups excluding carboxylic acids is 1. The number of ether oxygens (including phenoxy) is 1. The fourth-order valence-electron chi connectivity index (χ4n) is 3.37. The summed E-state index contributed by atoms with van der Waals surface area (Å²) >= 11 is 0. The van der Waals surface area contributed by atoms with Gasteiger partial charge in [0.1, 0.15) is 11.1 Å². The van der Waals surface area contributed by atoms with Gasteiger partial charge in [0.15, 0.2) is 0 Å². The molecule has 0 saturated heterocycles. The molecule has 0 bridgehead atoms. The van der Waals surface area contributed by atoms with E-state index in [1.54, 1.807) is 37.6 Å². The summed E-state index contributed by atoms with van der Waals surface area (Å²) in [6.45, 7) is 15.6. The Kier molecular flexibility index (Phi) is 7.47. The minimum absolute atomic E-state index is 0.166. The number of fused-ring (bicyclic) bond motifs is 1. The topological polar surface area (TPSA) is 84.3 Å². The van der Waals surface area contributed by atoms with E-state index in [1.807, 2.05) is 0 Å². The van der Waals surface area contributed by atoms with E-state index >= 15 is 0 Å². The molecule has 1 fully saturated rings. The van der Waals surface area contributed by atoms with Crippen LogP contribution in [-0.4, -0.2) is 32.8 Å². The Balaban J connectivity index is 0.00000155. The number of aliphatic hydroxyl groups is 1. The maximum absolute atomic E-state index is 12.9. The predicted octanol–water partition coefficient (Wildman–Crippen LogP) is 3.71. The monoisotopic (exact) mass is 410 g/mol. The molecule has 1 aliphatic carbocycles. The van der Waals surface area contributed by atoms with Crippen LogP contribution in [0.5, 0.6) is 0 Å². The molecule has 0 aliphatic heterocycles. The lowest BCUT2D eigenvalue weighted by Crippen LogP contribution is -2.24. The summed E-state index contributed by atoms with van der Waals surface area (Å²) in [5.74, 6) is 5.65. The van der Waals surface area contributed by atoms with Crippen molar-refractivity contribution in [2.24, 2.45) is 5.92 Å². The van der Waals surface area contributed by atoms with Crippen molar-refractivity contribution in [3.63, 3.8) is 0 Å². The second-order valence-corrected chi connectivity index (χ2v) is 7.39. The van der Waals surface area contributed by atoms with Crippen LogP contribution in [0.1, 0.15) is 54.7 Å². The highest BCUT2D eigenvalue weighted by molar-refractivity contribution is 6.07. The van der Waals surface area contributed by atoms with E-state index in [4.69, 9.17) is 4.74 Å². The van der Waals surface area contributed by atoms with E-state index in [1.165, 1.54) is 0 Å². The number of rotatable bonds is 6. The molecule has 2 N–H and O–H groups in total. The van der Waals surface area contributed by atoms with Crippen molar-refractivity contribution < 1.29 is 14.6 Å². The lowest BCUT2D eigenvalue weighted by Gasteiger charge is -2.14. The molecule has 1 atom stereocenters. The van der Waals surface area contributed by atoms with Crippen LogP contribution in [0.4, 0.5) is 0 Å². The number of hydrogen-bond donors (Lipinski definition) is 2. The molecular weight excluding hydrogens is 380 g/mol. The van der Waals surface area contributed by atoms with Crippen LogP contribution in [-0.2, 0) is 11.3 Å². The quantitative estimate of drug-likeness (QED) is 0.432. The summed E-state index contributed by atoms with van der Waals surface area (Å²) in [6.07, 6.45) is 5.92. The van der Waals surface area contributed by atoms with Gasteiger partial charge in [-0.25, -0.2) is 4.79 Å². The number of H-pyrrole nitrogens is 1. The molecule has 2 aromatic heterocycles. The van der Waals surface area contributed by atoms with Gasteiger partial charge in [-0.1, -0.05) is 17.9 Å². The maximum Gasteiger partial charge on any atom is 0.340 e. The highest BCUT2D eigenvalue weighted by Gasteiger charge is 2.38. The number of esters is 1. The molecule has 2 heterocycles. The van der Waals surface area contributed by atoms with E-state index < -0.39 is 11.6 Å². The molecule has 2 aromatic rings. The lowest BCUT2D eigenvalue weighted by molar-refractivity contribution is 0.0528. The minimum atomic E-state index is -1.09. The molecule has 160 valence electrons. The van der Waals surface area contributed by atoms with Crippen molar-refractivity contribution in [1.82, 2.24) is 9.55 Å². The van der Waals surface area contributed by atoms with Crippen molar-refractivity contribution >= 4 is 16.9 Å². The van der Waals surface area contributed by atoms with E-state index in [-0.39, 0.29) is 18.1 Å². The number of allylic oxidation sites excluding steroid dienone is 1. The van der Waals surface area contributed by atoms with Crippen LogP contribution in [0.2, 0.25) is 0 Å². The molecule has 1 aliphatic rings. The third-order valence-corrected chi connectivity index (χ3v) is 5.09. The first-order valence-electron chi connectivity index (χ1n) is 10.1. The summed E-state index contributed by atoms with van der Waals surface area (Å²) in [7, 11) is 0. The fourth-order valence-corrected chi connectivity index (χ4v) is 3.37. The van der Waals surface area contributed by atoms with Gasteiger partial charge in [-0.05, 0) is 46.0 Å². The van der Waals surface area contributed by atoms with Gasteiger partial charge in [-0.3, -0.25) is 4.79 Å². The molecule has 0 amide bonds. The van der Waals surface area contributed by atoms with Gasteiger partial charge >= 0.3 is 5.97 Å². The highest BCUT2D eigenvalue weighted by atomic mass is 16.5. The van der Waals surface area contributed by atoms with E-state index in [2.05, 4.69) is 36.6 Å². The van der Waals surface area contributed by atoms with Gasteiger partial charge < -0.3 is 19.4 Å². The van der Waals surface area contributed by atoms with Crippen LogP contribution in [0.25, 0.3) is 10.9 Å². The zero-order valence-corrected chi connectivity index (χ0v) is 18.0. The maximum atomic E-state index is 12.9. The average molecular weight is 411 g/mol. The van der Waals surface area contributed by atoms with Crippen LogP contribution >= 0.6 is 0 Å². The summed E-state index contributed by atoms with van der Waals surface area (Å²) in [4.78, 5) is 28.5. The zero-order chi connectivity index (χ0) is 22.5. The van der Waals surface area contributed by atoms with Gasteiger partial charge in [0, 0.05) is 23.8 Å². The number of aromatic nitrogens is 2. The van der Waals surface area contributed by atoms with Crippen LogP contribution < -0.4 is 5.56 Å². The number of aromatic amines is 1. The molecule has 3 rings (SSSR count). The Morgan fingerprint density at radius 3 is 2.70 bits per heavy atom. The Bertz CT molecular complexity index is 1060. The Hall–Kier alpha value is -3.04. The van der Waals surface area contributed by atoms with Gasteiger partial charge in [0.2, 0.25) is 0 Å². The van der Waals surface area contributed by atoms with Crippen LogP contribution in [0.15, 0.2) is 36.8 Å². The number of nitrogens with one attached hydrogen (secondary N) is 1. The predicted molar refractivity (Wildman–Crippen MR) is 120 cm³/mol. The van der Waals surface area contributed by atoms with Crippen molar-refractivity contribution in [3.8, 4) is 11.8 Å². The first-order chi connectivity index (χ1) is 14.3. The van der Waals surface area contributed by atoms with E-state index in [0.29, 0.717) is 40.7 Å². The molecule has 0 radical (unpaired) electrons. The summed E-state index contributed by atoms with van der Waals surface area (Å²) in [5, 5.41) is 11.0. The number of carbonyl (C=O) groups is 1. The van der Waals surface area contributed by atoms with Gasteiger partial charge in [0.05, 0.1) is 17.7 Å². The molecule has 0 spiro atoms. The molecule has 1 unspecified atom stereocenters. The van der Waals surface area contributed by atoms with E-state index in [9.17, 15) is 14.7 Å². The summed E-state index contributed by atoms with van der Waals surface area (Å²) in [6, 6.07) is 0. The largest absolute Gasteiger partial charge is 0.462 e. The third kappa shape index (κ3) is 4.74. The molecule has 0 aromatic carbocycles. The van der Waals surface area contributed by atoms with Gasteiger partial charge in [0.25, 0.3) is 5.56 Å². The number of nitrogens with zero attached hydrogens (tertiary/aromatic N) is 1. The second kappa shape index (κ2) is 9.64. The summed E-state index contributed by atoms with van der Waals surface area (Å²) in [5.41, 5.74) is 0.401. The van der Waals surface area contributed by atoms with Crippen molar-refractivity contribution in [1.29, 1.82) is 0 Å². The molecular formula is C24H30N2O4. The first-order valence-corrected chi connectivity index (χ1v) is 10.1. The Morgan fingerprint density at radius 2 is 2.13 bits per heavy atom. The fraction of sp³-hybridized carbons (Fsp3) is 0.417. The second-order valence-electron chi connectivity index (χ2n) is 7.39. The lowest BCUT2D eigenvalue weighted by atomic mass is 10.00. The number of hydrogen-bond acceptors (Lipinski definition) is 4. The molecule has 30 heavy (non-hydrogen) atoms. The molecule has 6 heteroatoms. The Morgan fingerprint density at radius 1 is 1.47 bits per heavy atom. The first kappa shape index (κ1) is 23.2. The van der Waals surface area contributed by atoms with Crippen LogP contribution in [0, 0.1) is 24.7 Å². The minimum Gasteiger partial charge on any atom is -0.462 e. The number of aryl methyl sites for hydroxylation is 2. The molecule has 6 nitrogen and oxygen atoms in total. The molecule has 1 saturated carbocycles. The normalized spacial score (nSPS) is 14.7. The van der Waals surface area contributed by atoms with Gasteiger partial charge in [-0.15, -0.1) is 19.7 Å². The number of pyridine rings is 1. The smallest absolute Gasteiger partial charge is 0.340 e. The Labute approximate surface area is 177 Å². The standard InChI is InChI=1S/C22H26N2O4.C2H4/c1-5-7-12-24-13-15(10-11-22(4,27)16-8-9-16)18-17(21(26)28-6-2)14(3)23-19(18)20(24)25;1-2/h5,13,16,23,27H,1,6-9,12H2,2-4H3;1-2H2. The van der Waals surface area contributed by atoms with Crippen molar-refractivity contribution in [3.05, 3.63) is 59.2 Å². The SMILES string of the molecule is C=C.C=CCCn1cc(C#CC(C)(O)C2CC2)c2c(C(=O)OCC)c(C)[nH]c2c1=O. The van der Waals surface area contributed by atoms with Crippen molar-refractivity contribution in [2.45, 2.75) is 52.2 Å². The third-order valence-electron chi connectivity index (χ3n) is 5.09. The zero-order valence-electron chi connectivity index (χ0n) is 18.0. The highest BCUT2D eigenvalue weighted by Crippen LogP contribution is 2.39.